The Balaban J connectivity index is 3.36. The van der Waals surface area contributed by atoms with E-state index in [0.717, 1.165) is 45.1 Å². The molecular formula is C20H40N2O6. The molecule has 0 spiro atoms. The van der Waals surface area contributed by atoms with Crippen LogP contribution in [0.1, 0.15) is 51.9 Å². The number of amides is 2. The summed E-state index contributed by atoms with van der Waals surface area (Å²) in [6.07, 6.45) is 6.20. The smallest absolute Gasteiger partial charge is 0.246 e. The van der Waals surface area contributed by atoms with Crippen LogP contribution < -0.4 is 10.6 Å². The average Bonchev–Trinajstić information content (AvgIpc) is 2.69. The minimum atomic E-state index is -0.168. The van der Waals surface area contributed by atoms with Crippen molar-refractivity contribution in [3.8, 4) is 0 Å². The van der Waals surface area contributed by atoms with Gasteiger partial charge in [0.25, 0.3) is 0 Å². The van der Waals surface area contributed by atoms with Crippen molar-refractivity contribution < 1.29 is 28.5 Å². The van der Waals surface area contributed by atoms with Gasteiger partial charge in [-0.25, -0.2) is 0 Å². The molecule has 0 aliphatic rings. The van der Waals surface area contributed by atoms with Crippen LogP contribution in [0, 0.1) is 0 Å². The molecule has 0 radical (unpaired) electrons. The number of methoxy groups -OCH3 is 2. The number of hydrogen-bond acceptors (Lipinski definition) is 6. The molecule has 0 fully saturated rings. The van der Waals surface area contributed by atoms with E-state index in [0.29, 0.717) is 39.4 Å². The van der Waals surface area contributed by atoms with E-state index < -0.39 is 0 Å². The molecule has 166 valence electrons. The maximum atomic E-state index is 11.6. The number of carbonyl (C=O) groups excluding carboxylic acids is 2. The number of nitrogens with one attached hydrogen (secondary N) is 2. The van der Waals surface area contributed by atoms with Crippen molar-refractivity contribution in [2.75, 3.05) is 60.3 Å². The second kappa shape index (κ2) is 20.5. The lowest BCUT2D eigenvalue weighted by Gasteiger charge is -2.14. The first-order valence-corrected chi connectivity index (χ1v) is 10.3. The molecule has 2 amide bonds. The molecule has 0 saturated heterocycles. The van der Waals surface area contributed by atoms with E-state index in [1.807, 2.05) is 0 Å². The van der Waals surface area contributed by atoms with E-state index in [-0.39, 0.29) is 24.5 Å². The largest absolute Gasteiger partial charge is 0.382 e. The fourth-order valence-corrected chi connectivity index (χ4v) is 2.39. The van der Waals surface area contributed by atoms with Gasteiger partial charge in [-0.05, 0) is 25.7 Å². The Kier molecular flexibility index (Phi) is 19.6. The molecular weight excluding hydrogens is 364 g/mol. The fourth-order valence-electron chi connectivity index (χ4n) is 2.39. The first-order chi connectivity index (χ1) is 13.6. The lowest BCUT2D eigenvalue weighted by Crippen LogP contribution is -2.31. The normalized spacial score (nSPS) is 12.0. The lowest BCUT2D eigenvalue weighted by molar-refractivity contribution is -0.127. The van der Waals surface area contributed by atoms with E-state index in [9.17, 15) is 9.59 Å². The van der Waals surface area contributed by atoms with Crippen LogP contribution in [0.15, 0.2) is 0 Å². The molecule has 0 saturated carbocycles. The highest BCUT2D eigenvalue weighted by Crippen LogP contribution is 1.98. The zero-order valence-corrected chi connectivity index (χ0v) is 17.9. The van der Waals surface area contributed by atoms with Crippen LogP contribution in [0.2, 0.25) is 0 Å². The average molecular weight is 405 g/mol. The van der Waals surface area contributed by atoms with Gasteiger partial charge < -0.3 is 29.6 Å². The van der Waals surface area contributed by atoms with Crippen molar-refractivity contribution in [2.24, 2.45) is 0 Å². The van der Waals surface area contributed by atoms with Crippen LogP contribution in [0.5, 0.6) is 0 Å². The van der Waals surface area contributed by atoms with Gasteiger partial charge in [-0.3, -0.25) is 9.59 Å². The number of unbranched alkanes of at least 4 members (excludes halogenated alkanes) is 3. The molecule has 0 aromatic rings. The van der Waals surface area contributed by atoms with Gasteiger partial charge in [-0.1, -0.05) is 19.8 Å². The summed E-state index contributed by atoms with van der Waals surface area (Å²) in [7, 11) is 3.17. The van der Waals surface area contributed by atoms with Crippen LogP contribution in [0.3, 0.4) is 0 Å². The molecule has 0 bridgehead atoms. The summed E-state index contributed by atoms with van der Waals surface area (Å²) >= 11 is 0. The molecule has 0 aliphatic heterocycles. The molecule has 0 heterocycles. The zero-order chi connectivity index (χ0) is 20.9. The summed E-state index contributed by atoms with van der Waals surface area (Å²) < 4.78 is 20.9. The lowest BCUT2D eigenvalue weighted by atomic mass is 10.2. The molecule has 8 heteroatoms. The third-order valence-corrected chi connectivity index (χ3v) is 4.06. The van der Waals surface area contributed by atoms with Crippen LogP contribution in [0.25, 0.3) is 0 Å². The van der Waals surface area contributed by atoms with Gasteiger partial charge in [0.1, 0.15) is 12.7 Å². The van der Waals surface area contributed by atoms with E-state index in [1.165, 1.54) is 0 Å². The maximum absolute atomic E-state index is 11.6. The number of hydrogen-bond donors (Lipinski definition) is 2. The number of ether oxygens (including phenoxy) is 4. The minimum Gasteiger partial charge on any atom is -0.382 e. The van der Waals surface area contributed by atoms with Gasteiger partial charge in [0, 0.05) is 46.9 Å². The van der Waals surface area contributed by atoms with Crippen molar-refractivity contribution in [1.82, 2.24) is 10.6 Å². The topological polar surface area (TPSA) is 95.1 Å². The van der Waals surface area contributed by atoms with E-state index in [4.69, 9.17) is 18.9 Å². The van der Waals surface area contributed by atoms with Crippen molar-refractivity contribution >= 4 is 11.8 Å². The Morgan fingerprint density at radius 3 is 2.25 bits per heavy atom. The van der Waals surface area contributed by atoms with Gasteiger partial charge in [0.15, 0.2) is 0 Å². The molecule has 1 atom stereocenters. The molecule has 0 rings (SSSR count). The van der Waals surface area contributed by atoms with Crippen molar-refractivity contribution in [2.45, 2.75) is 58.0 Å². The molecule has 0 aromatic heterocycles. The summed E-state index contributed by atoms with van der Waals surface area (Å²) in [5, 5.41) is 5.72. The highest BCUT2D eigenvalue weighted by Gasteiger charge is 2.08. The molecule has 0 aliphatic carbocycles. The van der Waals surface area contributed by atoms with Crippen LogP contribution in [0.4, 0.5) is 0 Å². The zero-order valence-electron chi connectivity index (χ0n) is 17.9. The fraction of sp³-hybridized carbons (Fsp3) is 0.900. The maximum Gasteiger partial charge on any atom is 0.246 e. The van der Waals surface area contributed by atoms with Gasteiger partial charge in [-0.15, -0.1) is 0 Å². The summed E-state index contributed by atoms with van der Waals surface area (Å²) in [4.78, 5) is 23.2. The van der Waals surface area contributed by atoms with Gasteiger partial charge in [-0.2, -0.15) is 0 Å². The van der Waals surface area contributed by atoms with Crippen LogP contribution >= 0.6 is 0 Å². The Morgan fingerprint density at radius 2 is 1.54 bits per heavy atom. The first-order valence-electron chi connectivity index (χ1n) is 10.3. The summed E-state index contributed by atoms with van der Waals surface area (Å²) in [6, 6.07) is 0. The molecule has 28 heavy (non-hydrogen) atoms. The summed E-state index contributed by atoms with van der Waals surface area (Å²) in [6.45, 7) is 5.45. The van der Waals surface area contributed by atoms with Crippen molar-refractivity contribution in [1.29, 1.82) is 0 Å². The number of carbonyl (C=O) groups is 2. The predicted molar refractivity (Wildman–Crippen MR) is 108 cm³/mol. The second-order valence-corrected chi connectivity index (χ2v) is 6.66. The third kappa shape index (κ3) is 18.2. The van der Waals surface area contributed by atoms with E-state index >= 15 is 0 Å². The Morgan fingerprint density at radius 1 is 0.821 bits per heavy atom. The van der Waals surface area contributed by atoms with E-state index in [2.05, 4.69) is 17.6 Å². The predicted octanol–water partition coefficient (Wildman–Crippen LogP) is 1.66. The monoisotopic (exact) mass is 404 g/mol. The molecule has 0 aromatic carbocycles. The quantitative estimate of drug-likeness (QED) is 0.300. The molecule has 1 unspecified atom stereocenters. The van der Waals surface area contributed by atoms with Crippen molar-refractivity contribution in [3.63, 3.8) is 0 Å². The molecule has 8 nitrogen and oxygen atoms in total. The third-order valence-electron chi connectivity index (χ3n) is 4.06. The van der Waals surface area contributed by atoms with Crippen LogP contribution in [-0.4, -0.2) is 78.3 Å². The highest BCUT2D eigenvalue weighted by molar-refractivity contribution is 5.77. The molecule has 2 N–H and O–H groups in total. The minimum absolute atomic E-state index is 0.00490. The first kappa shape index (κ1) is 26.8. The Bertz CT molecular complexity index is 382. The highest BCUT2D eigenvalue weighted by atomic mass is 16.5. The number of rotatable bonds is 20. The summed E-state index contributed by atoms with van der Waals surface area (Å²) in [5.74, 6) is -0.0303. The van der Waals surface area contributed by atoms with E-state index in [1.54, 1.807) is 14.2 Å². The van der Waals surface area contributed by atoms with Gasteiger partial charge >= 0.3 is 0 Å². The summed E-state index contributed by atoms with van der Waals surface area (Å²) in [5.41, 5.74) is 0. The van der Waals surface area contributed by atoms with Gasteiger partial charge in [0.2, 0.25) is 11.8 Å². The van der Waals surface area contributed by atoms with Gasteiger partial charge in [0.05, 0.1) is 13.2 Å². The Labute approximate surface area is 170 Å². The second-order valence-electron chi connectivity index (χ2n) is 6.66. The Hall–Kier alpha value is -1.22. The standard InChI is InChI=1S/C20H40N2O6/c1-4-5-7-11-21-19(23)10-6-8-13-27-14-9-12-22-20(24)17-28-16-18(26-3)15-25-2/h18H,4-17H2,1-3H3,(H,21,23)(H,22,24). The van der Waals surface area contributed by atoms with Crippen molar-refractivity contribution in [3.05, 3.63) is 0 Å². The SMILES string of the molecule is CCCCCNC(=O)CCCCOCCCNC(=O)COCC(COC)OC. The van der Waals surface area contributed by atoms with Crippen LogP contribution in [-0.2, 0) is 28.5 Å².